The molecule has 5 rings (SSSR count). The van der Waals surface area contributed by atoms with Gasteiger partial charge >= 0.3 is 0 Å². The lowest BCUT2D eigenvalue weighted by atomic mass is 9.38. The van der Waals surface area contributed by atoms with Crippen molar-refractivity contribution in [3.8, 4) is 0 Å². The molecule has 0 saturated heterocycles. The van der Waals surface area contributed by atoms with Crippen LogP contribution < -0.4 is 5.32 Å². The number of hydroxylamine groups is 2. The molecule has 0 bridgehead atoms. The predicted octanol–water partition coefficient (Wildman–Crippen LogP) is 5.15. The number of fused-ring (bicyclic) bond motifs is 7. The number of ketones is 1. The quantitative estimate of drug-likeness (QED) is 0.407. The fourth-order valence-corrected chi connectivity index (χ4v) is 10.3. The Kier molecular flexibility index (Phi) is 6.25. The zero-order valence-electron chi connectivity index (χ0n) is 23.1. The van der Waals surface area contributed by atoms with Crippen LogP contribution in [-0.2, 0) is 14.4 Å². The van der Waals surface area contributed by atoms with Crippen LogP contribution in [0.3, 0.4) is 0 Å². The molecular weight excluding hydrogens is 452 g/mol. The highest BCUT2D eigenvalue weighted by Gasteiger charge is 2.65. The van der Waals surface area contributed by atoms with Crippen LogP contribution in [0.4, 0.5) is 0 Å². The molecule has 0 aromatic rings. The van der Waals surface area contributed by atoms with Crippen molar-refractivity contribution in [3.63, 3.8) is 0 Å². The summed E-state index contributed by atoms with van der Waals surface area (Å²) < 4.78 is 0. The first-order chi connectivity index (χ1) is 16.8. The Balaban J connectivity index is 1.48. The van der Waals surface area contributed by atoms with E-state index in [-0.39, 0.29) is 51.9 Å². The molecule has 10 unspecified atom stereocenters. The Hall–Kier alpha value is -1.69. The number of nitrogens with one attached hydrogen (secondary N) is 1. The van der Waals surface area contributed by atoms with Crippen LogP contribution in [0.15, 0.2) is 11.6 Å². The van der Waals surface area contributed by atoms with E-state index < -0.39 is 0 Å². The molecule has 4 saturated carbocycles. The maximum atomic E-state index is 14.2. The van der Waals surface area contributed by atoms with E-state index >= 15 is 0 Å². The van der Waals surface area contributed by atoms with Gasteiger partial charge in [0.1, 0.15) is 0 Å². The van der Waals surface area contributed by atoms with Crippen LogP contribution in [0.2, 0.25) is 0 Å². The van der Waals surface area contributed by atoms with Gasteiger partial charge in [-0.3, -0.25) is 19.6 Å². The summed E-state index contributed by atoms with van der Waals surface area (Å²) in [5.74, 6) is 1.43. The Morgan fingerprint density at radius 3 is 2.33 bits per heavy atom. The Morgan fingerprint density at radius 2 is 1.67 bits per heavy atom. The summed E-state index contributed by atoms with van der Waals surface area (Å²) in [7, 11) is 1.43. The second-order valence-corrected chi connectivity index (χ2v) is 14.0. The molecule has 6 nitrogen and oxygen atoms in total. The number of carbonyl (C=O) groups is 3. The summed E-state index contributed by atoms with van der Waals surface area (Å²) in [6.07, 6.45) is 10.9. The largest absolute Gasteiger partial charge is 0.353 e. The molecule has 0 aliphatic heterocycles. The number of amides is 2. The smallest absolute Gasteiger partial charge is 0.248 e. The van der Waals surface area contributed by atoms with Crippen LogP contribution in [0.5, 0.6) is 0 Å². The molecule has 0 spiro atoms. The molecule has 5 aliphatic rings. The second kappa shape index (κ2) is 8.68. The minimum atomic E-state index is -0.191. The zero-order chi connectivity index (χ0) is 26.2. The predicted molar refractivity (Wildman–Crippen MR) is 138 cm³/mol. The van der Waals surface area contributed by atoms with E-state index in [9.17, 15) is 19.6 Å². The Morgan fingerprint density at radius 1 is 1.00 bits per heavy atom. The van der Waals surface area contributed by atoms with Crippen molar-refractivity contribution in [3.05, 3.63) is 11.6 Å². The van der Waals surface area contributed by atoms with Gasteiger partial charge in [-0.05, 0) is 104 Å². The summed E-state index contributed by atoms with van der Waals surface area (Å²) in [6, 6.07) is 0.200. The molecule has 36 heavy (non-hydrogen) atoms. The van der Waals surface area contributed by atoms with E-state index in [1.54, 1.807) is 6.92 Å². The number of hydrogen-bond donors (Lipinski definition) is 2. The molecule has 200 valence electrons. The normalized spacial score (nSPS) is 47.9. The lowest BCUT2D eigenvalue weighted by molar-refractivity contribution is -0.169. The molecule has 2 N–H and O–H groups in total. The third-order valence-electron chi connectivity index (χ3n) is 12.1. The van der Waals surface area contributed by atoms with Gasteiger partial charge < -0.3 is 5.32 Å². The molecule has 6 heteroatoms. The molecule has 2 amide bonds. The van der Waals surface area contributed by atoms with Gasteiger partial charge in [-0.1, -0.05) is 33.3 Å². The molecule has 4 fully saturated rings. The van der Waals surface area contributed by atoms with Gasteiger partial charge in [0.05, 0.1) is 0 Å². The minimum Gasteiger partial charge on any atom is -0.353 e. The maximum absolute atomic E-state index is 14.2. The van der Waals surface area contributed by atoms with E-state index in [0.717, 1.165) is 62.9 Å². The fourth-order valence-electron chi connectivity index (χ4n) is 10.3. The third kappa shape index (κ3) is 3.72. The van der Waals surface area contributed by atoms with Crippen LogP contribution in [0.1, 0.15) is 92.4 Å². The second-order valence-electron chi connectivity index (χ2n) is 14.0. The van der Waals surface area contributed by atoms with Crippen molar-refractivity contribution in [2.75, 3.05) is 7.05 Å². The van der Waals surface area contributed by atoms with Gasteiger partial charge in [0.15, 0.2) is 5.78 Å². The number of nitrogens with zero attached hydrogens (tertiary/aromatic N) is 1. The number of hydrogen-bond acceptors (Lipinski definition) is 4. The maximum Gasteiger partial charge on any atom is 0.248 e. The van der Waals surface area contributed by atoms with E-state index in [4.69, 9.17) is 0 Å². The van der Waals surface area contributed by atoms with Crippen LogP contribution in [0, 0.1) is 51.8 Å². The van der Waals surface area contributed by atoms with Gasteiger partial charge in [0.25, 0.3) is 0 Å². The third-order valence-corrected chi connectivity index (χ3v) is 12.1. The first-order valence-corrected chi connectivity index (χ1v) is 14.3. The minimum absolute atomic E-state index is 0.0205. The highest BCUT2D eigenvalue weighted by atomic mass is 16.5. The molecule has 5 aliphatic carbocycles. The average molecular weight is 499 g/mol. The van der Waals surface area contributed by atoms with Gasteiger partial charge in [-0.2, -0.15) is 0 Å². The van der Waals surface area contributed by atoms with Crippen molar-refractivity contribution >= 4 is 17.6 Å². The first kappa shape index (κ1) is 25.9. The topological polar surface area (TPSA) is 86.7 Å². The number of carbonyl (C=O) groups excluding carboxylic acids is 3. The Bertz CT molecular complexity index is 989. The molecule has 0 radical (unpaired) electrons. The van der Waals surface area contributed by atoms with Crippen molar-refractivity contribution in [2.45, 2.75) is 98.4 Å². The van der Waals surface area contributed by atoms with Gasteiger partial charge in [0.2, 0.25) is 11.8 Å². The highest BCUT2D eigenvalue weighted by molar-refractivity contribution is 5.95. The van der Waals surface area contributed by atoms with Crippen LogP contribution in [-0.4, -0.2) is 41.0 Å². The van der Waals surface area contributed by atoms with Crippen LogP contribution >= 0.6 is 0 Å². The molecular formula is C30H46N2O4. The van der Waals surface area contributed by atoms with Crippen LogP contribution in [0.25, 0.3) is 0 Å². The van der Waals surface area contributed by atoms with E-state index in [2.05, 4.69) is 33.0 Å². The summed E-state index contributed by atoms with van der Waals surface area (Å²) in [5, 5.41) is 13.8. The molecule has 0 heterocycles. The van der Waals surface area contributed by atoms with Crippen molar-refractivity contribution in [1.29, 1.82) is 0 Å². The monoisotopic (exact) mass is 498 g/mol. The van der Waals surface area contributed by atoms with E-state index in [1.807, 2.05) is 6.08 Å². The molecule has 0 aromatic carbocycles. The lowest BCUT2D eigenvalue weighted by Gasteiger charge is -2.65. The van der Waals surface area contributed by atoms with Crippen molar-refractivity contribution < 1.29 is 19.6 Å². The number of rotatable bonds is 2. The summed E-state index contributed by atoms with van der Waals surface area (Å²) >= 11 is 0. The van der Waals surface area contributed by atoms with Gasteiger partial charge in [-0.25, -0.2) is 5.06 Å². The highest BCUT2D eigenvalue weighted by Crippen LogP contribution is 2.69. The van der Waals surface area contributed by atoms with Crippen molar-refractivity contribution in [1.82, 2.24) is 10.4 Å². The number of allylic oxidation sites excluding steroid dienone is 2. The fraction of sp³-hybridized carbons (Fsp3) is 0.833. The zero-order valence-corrected chi connectivity index (χ0v) is 23.1. The average Bonchev–Trinajstić information content (AvgIpc) is 2.79. The first-order valence-electron chi connectivity index (χ1n) is 14.3. The molecule has 10 atom stereocenters. The van der Waals surface area contributed by atoms with Crippen molar-refractivity contribution in [2.24, 2.45) is 51.8 Å². The van der Waals surface area contributed by atoms with E-state index in [1.165, 1.54) is 12.6 Å². The standard InChI is InChI=1S/C30H46N2O4/c1-17-21-9-13-30(5)22-8-12-28(3)11-7-19(27(35)32(6)36)15-23(28)20(22)16-25(34)26(30)29(21,4)14-10-24(17)31-18(2)33/h16-17,19,21-24,26,36H,7-15H2,1-6H3,(H,31,33). The lowest BCUT2D eigenvalue weighted by Crippen LogP contribution is -2.63. The summed E-state index contributed by atoms with van der Waals surface area (Å²) in [5.41, 5.74) is 1.33. The molecule has 0 aromatic heterocycles. The summed E-state index contributed by atoms with van der Waals surface area (Å²) in [6.45, 7) is 11.0. The van der Waals surface area contributed by atoms with Gasteiger partial charge in [0, 0.05) is 31.8 Å². The SMILES string of the molecule is CC(=O)NC1CCC2(C)C(CCC3(C)C4CCC5(C)CCC(C(=O)N(C)O)CC5C4=CC(=O)C32)C1C. The van der Waals surface area contributed by atoms with Gasteiger partial charge in [-0.15, -0.1) is 0 Å². The summed E-state index contributed by atoms with van der Waals surface area (Å²) in [4.78, 5) is 38.7. The van der Waals surface area contributed by atoms with E-state index in [0.29, 0.717) is 23.5 Å². The Labute approximate surface area is 216 Å².